The summed E-state index contributed by atoms with van der Waals surface area (Å²) < 4.78 is 0. The highest BCUT2D eigenvalue weighted by Gasteiger charge is 2.36. The zero-order chi connectivity index (χ0) is 72.8. The molecule has 9 atom stereocenters. The number of amides is 9. The van der Waals surface area contributed by atoms with Crippen LogP contribution in [-0.4, -0.2) is 158 Å². The van der Waals surface area contributed by atoms with Gasteiger partial charge in [0.25, 0.3) is 0 Å². The van der Waals surface area contributed by atoms with Gasteiger partial charge in [0.05, 0.1) is 6.04 Å². The fourth-order valence-corrected chi connectivity index (χ4v) is 10.6. The van der Waals surface area contributed by atoms with Crippen LogP contribution in [-0.2, 0) is 75.3 Å². The van der Waals surface area contributed by atoms with Crippen molar-refractivity contribution in [2.45, 2.75) is 138 Å². The number of rotatable bonds is 43. The Labute approximate surface area is 581 Å². The molecule has 5 aromatic rings. The first kappa shape index (κ1) is 79.1. The Morgan fingerprint density at radius 2 is 0.460 bits per heavy atom. The van der Waals surface area contributed by atoms with Crippen molar-refractivity contribution in [2.75, 3.05) is 26.2 Å². The molecule has 28 N–H and O–H groups in total. The summed E-state index contributed by atoms with van der Waals surface area (Å²) in [5.74, 6) is -8.52. The minimum absolute atomic E-state index is 0.0209. The summed E-state index contributed by atoms with van der Waals surface area (Å²) in [6.45, 7) is 0.653. The predicted octanol–water partition coefficient (Wildman–Crippen LogP) is -2.06. The largest absolute Gasteiger partial charge is 0.370 e. The number of guanidine groups is 4. The fourth-order valence-electron chi connectivity index (χ4n) is 10.6. The molecular weight excluding hydrogens is 1280 g/mol. The second-order valence-electron chi connectivity index (χ2n) is 23.9. The summed E-state index contributed by atoms with van der Waals surface area (Å²) in [5, 5.41) is 63.2. The summed E-state index contributed by atoms with van der Waals surface area (Å²) >= 11 is 0. The Morgan fingerprint density at radius 1 is 0.270 bits per heavy atom. The lowest BCUT2D eigenvalue weighted by molar-refractivity contribution is -0.136. The van der Waals surface area contributed by atoms with Crippen LogP contribution in [0, 0.1) is 21.6 Å². The van der Waals surface area contributed by atoms with Gasteiger partial charge in [0.2, 0.25) is 53.2 Å². The van der Waals surface area contributed by atoms with E-state index in [2.05, 4.69) is 63.8 Å². The zero-order valence-corrected chi connectivity index (χ0v) is 55.8. The molecule has 0 saturated heterocycles. The third-order valence-corrected chi connectivity index (χ3v) is 15.8. The number of benzene rings is 5. The third kappa shape index (κ3) is 30.2. The molecule has 31 nitrogen and oxygen atoms in total. The minimum Gasteiger partial charge on any atom is -0.370 e. The van der Waals surface area contributed by atoms with E-state index in [1.54, 1.807) is 152 Å². The van der Waals surface area contributed by atoms with E-state index in [1.807, 2.05) is 0 Å². The number of nitrogens with two attached hydrogens (primary N) is 6. The van der Waals surface area contributed by atoms with Gasteiger partial charge in [-0.25, -0.2) is 0 Å². The van der Waals surface area contributed by atoms with Crippen molar-refractivity contribution in [2.24, 2.45) is 34.4 Å². The van der Waals surface area contributed by atoms with E-state index >= 15 is 14.4 Å². The normalized spacial score (nSPS) is 13.5. The maximum absolute atomic E-state index is 15.2. The molecule has 100 heavy (non-hydrogen) atoms. The Morgan fingerprint density at radius 3 is 0.690 bits per heavy atom. The van der Waals surface area contributed by atoms with Gasteiger partial charge in [0.1, 0.15) is 48.3 Å². The van der Waals surface area contributed by atoms with Crippen molar-refractivity contribution in [3.05, 3.63) is 179 Å². The van der Waals surface area contributed by atoms with E-state index in [4.69, 9.17) is 56.0 Å². The first-order valence-electron chi connectivity index (χ1n) is 32.9. The van der Waals surface area contributed by atoms with Crippen LogP contribution >= 0.6 is 0 Å². The van der Waals surface area contributed by atoms with Gasteiger partial charge in [-0.1, -0.05) is 152 Å². The Kier molecular flexibility index (Phi) is 33.9. The van der Waals surface area contributed by atoms with E-state index in [-0.39, 0.29) is 127 Å². The summed E-state index contributed by atoms with van der Waals surface area (Å²) in [6.07, 6.45) is 0.470. The number of nitrogens with one attached hydrogen (secondary N) is 16. The van der Waals surface area contributed by atoms with Crippen molar-refractivity contribution in [3.8, 4) is 0 Å². The van der Waals surface area contributed by atoms with Crippen molar-refractivity contribution in [1.82, 2.24) is 63.8 Å². The van der Waals surface area contributed by atoms with Gasteiger partial charge in [-0.2, -0.15) is 0 Å². The number of primary amides is 1. The van der Waals surface area contributed by atoms with Crippen molar-refractivity contribution >= 4 is 77.0 Å². The molecule has 5 aromatic carbocycles. The van der Waals surface area contributed by atoms with Gasteiger partial charge in [-0.05, 0) is 79.2 Å². The van der Waals surface area contributed by atoms with E-state index in [0.717, 1.165) is 0 Å². The van der Waals surface area contributed by atoms with Gasteiger partial charge in [-0.15, -0.1) is 0 Å². The molecule has 31 heteroatoms. The van der Waals surface area contributed by atoms with Crippen molar-refractivity contribution in [1.29, 1.82) is 21.6 Å². The predicted molar refractivity (Wildman–Crippen MR) is 380 cm³/mol. The highest BCUT2D eigenvalue weighted by atomic mass is 16.2. The molecule has 9 amide bonds. The van der Waals surface area contributed by atoms with Crippen LogP contribution in [0.25, 0.3) is 0 Å². The number of hydrogen-bond donors (Lipinski definition) is 22. The van der Waals surface area contributed by atoms with Crippen LogP contribution in [0.1, 0.15) is 79.2 Å². The number of carbonyl (C=O) groups excluding carboxylic acids is 9. The first-order valence-corrected chi connectivity index (χ1v) is 32.9. The van der Waals surface area contributed by atoms with Crippen molar-refractivity contribution in [3.63, 3.8) is 0 Å². The molecule has 0 heterocycles. The lowest BCUT2D eigenvalue weighted by Gasteiger charge is -2.28. The Hall–Kier alpha value is -11.6. The molecule has 0 saturated carbocycles. The Bertz CT molecular complexity index is 3490. The zero-order valence-electron chi connectivity index (χ0n) is 55.8. The second-order valence-corrected chi connectivity index (χ2v) is 23.9. The fraction of sp³-hybridized carbons (Fsp3) is 0.377. The van der Waals surface area contributed by atoms with Crippen LogP contribution in [0.2, 0.25) is 0 Å². The SMILES string of the molecule is N=C(N)NCCC[C@H](NC(=O)[C@H](Cc1ccccc1)NC(=O)[C@H](CCCNC(=N)N)NC(=O)[C@H](Cc1ccccc1)NC(=O)[C@H](Cc1ccccc1)NC(=O)[C@H](Cc1ccccc1)NC(=O)[C@H](CCCNC(=N)N)NC(=O)[C@H](Cc1ccccc1)NC(=O)[C@@H](N)CCCNC(=N)N)C(N)=O. The summed E-state index contributed by atoms with van der Waals surface area (Å²) in [6, 6.07) is 31.5. The molecule has 5 rings (SSSR count). The van der Waals surface area contributed by atoms with Crippen LogP contribution in [0.5, 0.6) is 0 Å². The molecule has 0 aliphatic rings. The highest BCUT2D eigenvalue weighted by Crippen LogP contribution is 2.14. The molecule has 0 fully saturated rings. The van der Waals surface area contributed by atoms with Crippen molar-refractivity contribution < 1.29 is 43.2 Å². The highest BCUT2D eigenvalue weighted by molar-refractivity contribution is 5.99. The van der Waals surface area contributed by atoms with Gasteiger partial charge < -0.3 is 98.2 Å². The Balaban J connectivity index is 1.48. The minimum atomic E-state index is -1.47. The van der Waals surface area contributed by atoms with Gasteiger partial charge >= 0.3 is 0 Å². The van der Waals surface area contributed by atoms with Gasteiger partial charge in [0.15, 0.2) is 23.8 Å². The van der Waals surface area contributed by atoms with Crippen LogP contribution in [0.15, 0.2) is 152 Å². The molecule has 0 aliphatic heterocycles. The molecule has 0 aromatic heterocycles. The average molecular weight is 1380 g/mol. The maximum Gasteiger partial charge on any atom is 0.243 e. The summed E-state index contributed by atoms with van der Waals surface area (Å²) in [5.41, 5.74) is 37.0. The maximum atomic E-state index is 15.2. The third-order valence-electron chi connectivity index (χ3n) is 15.8. The van der Waals surface area contributed by atoms with Gasteiger partial charge in [0, 0.05) is 58.3 Å². The molecular formula is C69H96N22O9. The lowest BCUT2D eigenvalue weighted by Crippen LogP contribution is -2.61. The molecule has 536 valence electrons. The first-order chi connectivity index (χ1) is 47.9. The second kappa shape index (κ2) is 42.8. The number of carbonyl (C=O) groups is 9. The quantitative estimate of drug-likeness (QED) is 0.0113. The number of hydrogen-bond acceptors (Lipinski definition) is 14. The smallest absolute Gasteiger partial charge is 0.243 e. The summed E-state index contributed by atoms with van der Waals surface area (Å²) in [7, 11) is 0. The van der Waals surface area contributed by atoms with E-state index < -0.39 is 108 Å². The lowest BCUT2D eigenvalue weighted by atomic mass is 10.00. The van der Waals surface area contributed by atoms with Crippen LogP contribution < -0.4 is 98.2 Å². The van der Waals surface area contributed by atoms with Crippen LogP contribution in [0.3, 0.4) is 0 Å². The standard InChI is InChI=1S/C69H96N22O9/c70-48(30-16-34-80-66(72)73)58(93)87-52(38-43-20-6-1-7-21-43)62(97)85-50(32-18-36-82-68(76)77)60(95)89-55(41-46-26-12-4-13-27-46)64(99)91-56(42-47-28-14-5-15-29-47)65(100)90-54(40-45-24-10-3-11-25-45)63(98)86-51(33-19-37-83-69(78)79)59(94)88-53(39-44-22-8-2-9-23-44)61(96)84-49(57(71)92)31-17-35-81-67(74)75/h1-15,20-29,48-56H,16-19,30-42,70H2,(H2,71,92)(H,84,96)(H,85,97)(H,86,98)(H,87,93)(H,88,94)(H,89,95)(H,90,100)(H,91,99)(H4,72,73,80)(H4,74,75,81)(H4,76,77,82)(H4,78,79,83)/t48-,49-,50-,51-,52-,53-,54-,55-,56-/m0/s1. The monoisotopic (exact) mass is 1380 g/mol. The van der Waals surface area contributed by atoms with Gasteiger partial charge in [-0.3, -0.25) is 64.8 Å². The molecule has 0 radical (unpaired) electrons. The van der Waals surface area contributed by atoms with E-state index in [9.17, 15) is 28.8 Å². The molecule has 0 unspecified atom stereocenters. The topological polar surface area (TPSA) is 550 Å². The molecule has 0 bridgehead atoms. The van der Waals surface area contributed by atoms with Crippen LogP contribution in [0.4, 0.5) is 0 Å². The molecule has 0 aliphatic carbocycles. The van der Waals surface area contributed by atoms with E-state index in [1.165, 1.54) is 0 Å². The molecule has 0 spiro atoms. The average Bonchev–Trinajstić information content (AvgIpc) is 0.852. The van der Waals surface area contributed by atoms with E-state index in [0.29, 0.717) is 34.2 Å². The summed E-state index contributed by atoms with van der Waals surface area (Å²) in [4.78, 5) is 130.